The number of guanidine groups is 2. The lowest BCUT2D eigenvalue weighted by Gasteiger charge is -2.28. The maximum Gasteiger partial charge on any atom is 0.246 e. The second-order valence-electron chi connectivity index (χ2n) is 31.7. The number of unbranched alkanes of at least 4 members (excludes halogenated alkanes) is 2. The average molecular weight is 1840 g/mol. The van der Waals surface area contributed by atoms with Crippen molar-refractivity contribution in [2.75, 3.05) is 52.5 Å². The molecule has 0 spiro atoms. The van der Waals surface area contributed by atoms with Crippen molar-refractivity contribution in [3.8, 4) is 5.75 Å². The van der Waals surface area contributed by atoms with Gasteiger partial charge in [0.25, 0.3) is 0 Å². The smallest absolute Gasteiger partial charge is 0.246 e. The normalized spacial score (nSPS) is 14.0. The minimum atomic E-state index is -1.85. The second kappa shape index (κ2) is 55.5. The first kappa shape index (κ1) is 106. The van der Waals surface area contributed by atoms with Crippen LogP contribution < -0.4 is 119 Å². The van der Waals surface area contributed by atoms with Crippen LogP contribution in [0.4, 0.5) is 0 Å². The van der Waals surface area contributed by atoms with Gasteiger partial charge in [-0.05, 0) is 151 Å². The van der Waals surface area contributed by atoms with Crippen molar-refractivity contribution in [3.63, 3.8) is 0 Å². The third-order valence-electron chi connectivity index (χ3n) is 21.0. The molecule has 0 unspecified atom stereocenters. The van der Waals surface area contributed by atoms with Crippen molar-refractivity contribution in [1.82, 2.24) is 95.0 Å². The largest absolute Gasteiger partial charge is 0.508 e. The molecule has 6 aromatic rings. The van der Waals surface area contributed by atoms with Crippen molar-refractivity contribution in [1.29, 1.82) is 10.8 Å². The number of amides is 16. The van der Waals surface area contributed by atoms with E-state index >= 15 is 14.4 Å². The number of carbonyl (C=O) groups excluding carboxylic acids is 16. The lowest BCUT2D eigenvalue weighted by atomic mass is 10.0. The lowest BCUT2D eigenvalue weighted by Crippen LogP contribution is -2.62. The number of carbonyl (C=O) groups is 16. The number of hydrogen-bond donors (Lipinski definition) is 28. The highest BCUT2D eigenvalue weighted by atomic mass is 16.5. The minimum absolute atomic E-state index is 0.00630. The van der Waals surface area contributed by atoms with E-state index in [0.717, 1.165) is 6.92 Å². The molecule has 132 heavy (non-hydrogen) atoms. The Morgan fingerprint density at radius 1 is 0.394 bits per heavy atom. The summed E-state index contributed by atoms with van der Waals surface area (Å²) in [6.07, 6.45) is 1.12. The fourth-order valence-electron chi connectivity index (χ4n) is 13.9. The summed E-state index contributed by atoms with van der Waals surface area (Å²) in [6.45, 7) is 4.24. The maximum absolute atomic E-state index is 15.4. The number of aromatic amines is 2. The van der Waals surface area contributed by atoms with Crippen molar-refractivity contribution in [2.24, 2.45) is 34.4 Å². The number of nitrogens with two attached hydrogens (primary N) is 6. The molecule has 45 heteroatoms. The third kappa shape index (κ3) is 37.4. The zero-order valence-electron chi connectivity index (χ0n) is 74.2. The Balaban J connectivity index is 1.25. The molecule has 0 aliphatic rings. The van der Waals surface area contributed by atoms with Gasteiger partial charge in [-0.15, -0.1) is 0 Å². The van der Waals surface area contributed by atoms with Gasteiger partial charge in [0, 0.05) is 92.9 Å². The number of aliphatic hydroxyl groups is 1. The van der Waals surface area contributed by atoms with Gasteiger partial charge in [-0.25, -0.2) is 0 Å². The van der Waals surface area contributed by atoms with E-state index in [1.807, 2.05) is 0 Å². The Bertz CT molecular complexity index is 4920. The molecule has 0 fully saturated rings. The maximum atomic E-state index is 15.4. The van der Waals surface area contributed by atoms with E-state index in [9.17, 15) is 72.5 Å². The second-order valence-corrected chi connectivity index (χ2v) is 31.7. The molecule has 718 valence electrons. The number of aromatic hydroxyl groups is 1. The van der Waals surface area contributed by atoms with E-state index in [1.165, 1.54) is 45.0 Å². The number of aliphatic hydroxyl groups excluding tert-OH is 1. The van der Waals surface area contributed by atoms with E-state index in [2.05, 4.69) is 95.0 Å². The fourth-order valence-corrected chi connectivity index (χ4v) is 13.9. The van der Waals surface area contributed by atoms with E-state index in [4.69, 9.17) is 50.0 Å². The Morgan fingerprint density at radius 2 is 0.795 bits per heavy atom. The van der Waals surface area contributed by atoms with Crippen LogP contribution in [0.25, 0.3) is 21.8 Å². The van der Waals surface area contributed by atoms with E-state index < -0.39 is 205 Å². The molecule has 16 amide bonds. The minimum Gasteiger partial charge on any atom is -0.508 e. The quantitative estimate of drug-likeness (QED) is 0.00963. The summed E-state index contributed by atoms with van der Waals surface area (Å²) in [5, 5.41) is 79.5. The number of benzene rings is 4. The molecule has 2 aromatic heterocycles. The summed E-state index contributed by atoms with van der Waals surface area (Å²) in [5.74, 6) is -15.2. The van der Waals surface area contributed by atoms with Crippen molar-refractivity contribution >= 4 is 128 Å². The number of nitrogens with one attached hydrogen (secondary N) is 20. The molecule has 34 N–H and O–H groups in total. The van der Waals surface area contributed by atoms with Gasteiger partial charge in [0.2, 0.25) is 94.5 Å². The number of primary amides is 2. The van der Waals surface area contributed by atoms with Crippen LogP contribution in [0.1, 0.15) is 127 Å². The Morgan fingerprint density at radius 3 is 1.27 bits per heavy atom. The summed E-state index contributed by atoms with van der Waals surface area (Å²) in [4.78, 5) is 229. The zero-order chi connectivity index (χ0) is 96.9. The molecule has 0 radical (unpaired) electrons. The number of rotatable bonds is 59. The first-order valence-corrected chi connectivity index (χ1v) is 43.4. The van der Waals surface area contributed by atoms with Crippen LogP contribution in [0.5, 0.6) is 5.75 Å². The SMILES string of the molecule is CC(=O)N[C@@H](C)C(=O)N[C@@H](CCCNC(=N)N)C(=O)N[C@H](C(=O)N[C@@H](Cc1c[nH]c2ccccc12)C(=O)N[C@@H](CCC(N)=O)C(=O)N[C@@H](C)C(=O)N[C@@H](Cc1ccc(O)cc1)C(=O)N[C@@H](Cc1c[nH]c2ccccc12)C(=O)N[C@@H](CCCNC(=N)N)C(=O)N[C@@H](CCCCN)C(=O)N[C@@H](Cc1ccccc1)C(=O)NCC(=O)NCCOCC(=O)N[C@H](CCCCN)C(N)=O)[C@@H](C)O. The molecule has 0 aliphatic carbocycles. The van der Waals surface area contributed by atoms with Crippen molar-refractivity contribution < 1.29 is 91.7 Å². The molecule has 45 nitrogen and oxygen atoms in total. The van der Waals surface area contributed by atoms with Gasteiger partial charge in [0.1, 0.15) is 84.9 Å². The highest BCUT2D eigenvalue weighted by Gasteiger charge is 2.38. The Labute approximate surface area is 761 Å². The van der Waals surface area contributed by atoms with E-state index in [0.29, 0.717) is 69.9 Å². The number of fused-ring (bicyclic) bond motifs is 2. The van der Waals surface area contributed by atoms with Crippen LogP contribution in [0.3, 0.4) is 0 Å². The molecular formula is C87H126N26O19. The van der Waals surface area contributed by atoms with Gasteiger partial charge >= 0.3 is 0 Å². The highest BCUT2D eigenvalue weighted by Crippen LogP contribution is 2.23. The Kier molecular flexibility index (Phi) is 44.8. The van der Waals surface area contributed by atoms with Gasteiger partial charge in [-0.1, -0.05) is 78.9 Å². The molecule has 0 bridgehead atoms. The Hall–Kier alpha value is -14.3. The summed E-state index contributed by atoms with van der Waals surface area (Å²) in [5.41, 5.74) is 36.7. The molecule has 0 saturated heterocycles. The van der Waals surface area contributed by atoms with Gasteiger partial charge in [-0.2, -0.15) is 0 Å². The highest BCUT2D eigenvalue weighted by molar-refractivity contribution is 6.01. The molecule has 6 rings (SSSR count). The van der Waals surface area contributed by atoms with Crippen LogP contribution in [0.15, 0.2) is 116 Å². The van der Waals surface area contributed by atoms with Crippen molar-refractivity contribution in [2.45, 2.75) is 209 Å². The number of ether oxygens (including phenoxy) is 1. The summed E-state index contributed by atoms with van der Waals surface area (Å²) in [6, 6.07) is 9.88. The van der Waals surface area contributed by atoms with Gasteiger partial charge in [0.15, 0.2) is 11.9 Å². The lowest BCUT2D eigenvalue weighted by molar-refractivity contribution is -0.137. The zero-order valence-corrected chi connectivity index (χ0v) is 74.2. The number of phenols is 1. The summed E-state index contributed by atoms with van der Waals surface area (Å²) < 4.78 is 5.37. The van der Waals surface area contributed by atoms with Crippen LogP contribution in [0.2, 0.25) is 0 Å². The van der Waals surface area contributed by atoms with Gasteiger partial charge in [-0.3, -0.25) is 87.5 Å². The van der Waals surface area contributed by atoms with Crippen LogP contribution in [0, 0.1) is 10.8 Å². The van der Waals surface area contributed by atoms with E-state index in [1.54, 1.807) is 91.3 Å². The van der Waals surface area contributed by atoms with E-state index in [-0.39, 0.29) is 115 Å². The summed E-state index contributed by atoms with van der Waals surface area (Å²) >= 11 is 0. The number of phenolic OH excluding ortho intramolecular Hbond substituents is 1. The van der Waals surface area contributed by atoms with Gasteiger partial charge in [0.05, 0.1) is 19.3 Å². The standard InChI is InChI=1S/C87H126N26O19/c1-48(102-51(4)115)75(121)105-64(27-17-37-98-87(94)95)81(127)113-73(50(3)114)85(131)112-69(43-55-45-100-60-23-11-9-21-58(55)60)84(130)108-65(32-33-70(90)117)78(124)103-49(2)76(122)109-67(41-53-28-30-56(116)31-29-53)82(128)111-68(42-54-44-99-59-22-10-8-20-57(54)59)83(129)107-63(26-16-36-97-86(92)93)79(125)106-62(25-13-15-35-89)80(126)110-66(40-52-18-6-5-7-19-52)77(123)101-46-71(118)96-38-39-132-47-72(119)104-61(74(91)120)24-12-14-34-88/h5-11,18-23,28-31,44-45,48-50,61-69,73,99-100,114,116H,12-17,24-27,32-43,46-47,88-89H2,1-4H3,(H2,90,117)(H2,91,120)(H,96,118)(H,101,123)(H,102,115)(H,103,124)(H,104,119)(H,105,121)(H,106,125)(H,107,129)(H,108,130)(H,109,122)(H,110,126)(H,111,128)(H,112,131)(H,113,127)(H4,92,93,97)(H4,94,95,98)/t48-,49-,50+,61+,62-,63-,64-,65-,66-,67-,68-,69-,73-/m0/s1. The molecule has 2 heterocycles. The molecule has 0 aliphatic heterocycles. The van der Waals surface area contributed by atoms with Crippen LogP contribution in [-0.4, -0.2) is 258 Å². The monoisotopic (exact) mass is 1840 g/mol. The van der Waals surface area contributed by atoms with Crippen LogP contribution >= 0.6 is 0 Å². The predicted octanol–water partition coefficient (Wildman–Crippen LogP) is -5.33. The first-order chi connectivity index (χ1) is 62.9. The fraction of sp³-hybridized carbons (Fsp3) is 0.471. The predicted molar refractivity (Wildman–Crippen MR) is 486 cm³/mol. The third-order valence-corrected chi connectivity index (χ3v) is 21.0. The number of para-hydroxylation sites is 2. The average Bonchev–Trinajstić information content (AvgIpc) is 1.65. The molecule has 0 saturated carbocycles. The van der Waals surface area contributed by atoms with Crippen molar-refractivity contribution in [3.05, 3.63) is 138 Å². The topological polar surface area (TPSA) is 751 Å². The molecule has 13 atom stereocenters. The molecule has 4 aromatic carbocycles. The summed E-state index contributed by atoms with van der Waals surface area (Å²) in [7, 11) is 0. The number of H-pyrrole nitrogens is 2. The number of aromatic nitrogens is 2. The first-order valence-electron chi connectivity index (χ1n) is 43.4. The number of hydrogen-bond acceptors (Lipinski definition) is 23. The molecular weight excluding hydrogens is 1710 g/mol. The van der Waals surface area contributed by atoms with Crippen LogP contribution in [-0.2, 0) is 107 Å². The van der Waals surface area contributed by atoms with Gasteiger partial charge < -0.3 is 144 Å².